The maximum atomic E-state index is 4.44. The summed E-state index contributed by atoms with van der Waals surface area (Å²) in [5.74, 6) is 0.954. The summed E-state index contributed by atoms with van der Waals surface area (Å²) in [4.78, 5) is 6.94. The van der Waals surface area contributed by atoms with Crippen molar-refractivity contribution < 1.29 is 0 Å². The lowest BCUT2D eigenvalue weighted by molar-refractivity contribution is 0.313. The number of aromatic nitrogens is 1. The first-order chi connectivity index (χ1) is 9.65. The maximum absolute atomic E-state index is 4.44. The summed E-state index contributed by atoms with van der Waals surface area (Å²) < 4.78 is 0. The molecule has 0 radical (unpaired) electrons. The van der Waals surface area contributed by atoms with E-state index in [-0.39, 0.29) is 0 Å². The molecule has 0 bridgehead atoms. The first-order valence-electron chi connectivity index (χ1n) is 7.98. The van der Waals surface area contributed by atoms with Gasteiger partial charge in [0.05, 0.1) is 0 Å². The van der Waals surface area contributed by atoms with Crippen molar-refractivity contribution in [2.45, 2.75) is 58.5 Å². The molecule has 3 heteroatoms. The Labute approximate surface area is 123 Å². The minimum absolute atomic E-state index is 0.690. The van der Waals surface area contributed by atoms with Crippen LogP contribution in [0.3, 0.4) is 0 Å². The van der Waals surface area contributed by atoms with Gasteiger partial charge in [-0.15, -0.1) is 0 Å². The zero-order valence-corrected chi connectivity index (χ0v) is 13.4. The molecule has 0 saturated heterocycles. The third kappa shape index (κ3) is 3.51. The lowest BCUT2D eigenvalue weighted by atomic mass is 9.84. The average molecular weight is 275 g/mol. The van der Waals surface area contributed by atoms with Crippen LogP contribution in [0.4, 0.5) is 5.69 Å². The van der Waals surface area contributed by atoms with Crippen LogP contribution in [-0.2, 0) is 6.54 Å². The Kier molecular flexibility index (Phi) is 5.41. The van der Waals surface area contributed by atoms with Crippen molar-refractivity contribution in [1.29, 1.82) is 0 Å². The van der Waals surface area contributed by atoms with E-state index < -0.39 is 0 Å². The Hall–Kier alpha value is -1.09. The van der Waals surface area contributed by atoms with Crippen LogP contribution in [0.5, 0.6) is 0 Å². The summed E-state index contributed by atoms with van der Waals surface area (Å²) in [6, 6.07) is 2.92. The van der Waals surface area contributed by atoms with Crippen molar-refractivity contribution in [3.8, 4) is 0 Å². The van der Waals surface area contributed by atoms with E-state index in [4.69, 9.17) is 0 Å². The maximum Gasteiger partial charge on any atom is 0.0445 e. The van der Waals surface area contributed by atoms with Crippen molar-refractivity contribution in [2.75, 3.05) is 19.0 Å². The molecule has 0 aromatic carbocycles. The highest BCUT2D eigenvalue weighted by atomic mass is 15.1. The van der Waals surface area contributed by atoms with Crippen molar-refractivity contribution in [3.05, 3.63) is 23.5 Å². The van der Waals surface area contributed by atoms with Gasteiger partial charge in [-0.2, -0.15) is 0 Å². The van der Waals surface area contributed by atoms with Crippen molar-refractivity contribution >= 4 is 5.69 Å². The second-order valence-corrected chi connectivity index (χ2v) is 6.18. The molecule has 0 unspecified atom stereocenters. The fourth-order valence-electron chi connectivity index (χ4n) is 3.37. The van der Waals surface area contributed by atoms with E-state index in [0.29, 0.717) is 6.04 Å². The highest BCUT2D eigenvalue weighted by molar-refractivity contribution is 5.54. The minimum Gasteiger partial charge on any atom is -0.371 e. The molecular weight excluding hydrogens is 246 g/mol. The Morgan fingerprint density at radius 1 is 1.30 bits per heavy atom. The van der Waals surface area contributed by atoms with Gasteiger partial charge in [-0.05, 0) is 51.6 Å². The zero-order chi connectivity index (χ0) is 14.5. The van der Waals surface area contributed by atoms with Crippen LogP contribution in [0.15, 0.2) is 12.3 Å². The smallest absolute Gasteiger partial charge is 0.0445 e. The third-order valence-corrected chi connectivity index (χ3v) is 4.79. The molecule has 3 nitrogen and oxygen atoms in total. The van der Waals surface area contributed by atoms with Gasteiger partial charge in [-0.3, -0.25) is 4.98 Å². The number of anilines is 1. The Balaban J connectivity index is 2.12. The summed E-state index contributed by atoms with van der Waals surface area (Å²) in [6.45, 7) is 5.29. The summed E-state index contributed by atoms with van der Waals surface area (Å²) in [6.07, 6.45) is 8.80. The van der Waals surface area contributed by atoms with E-state index in [1.54, 1.807) is 0 Å². The highest BCUT2D eigenvalue weighted by Crippen LogP contribution is 2.32. The lowest BCUT2D eigenvalue weighted by Gasteiger charge is -2.36. The van der Waals surface area contributed by atoms with Gasteiger partial charge in [0.1, 0.15) is 0 Å². The molecule has 1 fully saturated rings. The van der Waals surface area contributed by atoms with Gasteiger partial charge in [0.15, 0.2) is 0 Å². The number of hydrogen-bond donors (Lipinski definition) is 1. The highest BCUT2D eigenvalue weighted by Gasteiger charge is 2.24. The standard InChI is InChI=1S/C17H29N3/c1-5-14-6-8-16(9-7-14)20(4)17-10-13(2)19-12-15(17)11-18-3/h10,12,14,16,18H,5-9,11H2,1-4H3. The number of pyridine rings is 1. The molecule has 0 aliphatic heterocycles. The van der Waals surface area contributed by atoms with Crippen LogP contribution in [0.2, 0.25) is 0 Å². The largest absolute Gasteiger partial charge is 0.371 e. The van der Waals surface area contributed by atoms with Gasteiger partial charge < -0.3 is 10.2 Å². The molecule has 1 heterocycles. The van der Waals surface area contributed by atoms with Crippen molar-refractivity contribution in [2.24, 2.45) is 5.92 Å². The van der Waals surface area contributed by atoms with Crippen LogP contribution >= 0.6 is 0 Å². The molecule has 1 aliphatic rings. The van der Waals surface area contributed by atoms with Gasteiger partial charge in [0.2, 0.25) is 0 Å². The quantitative estimate of drug-likeness (QED) is 0.891. The monoisotopic (exact) mass is 275 g/mol. The second kappa shape index (κ2) is 7.07. The topological polar surface area (TPSA) is 28.2 Å². The van der Waals surface area contributed by atoms with E-state index >= 15 is 0 Å². The Morgan fingerprint density at radius 2 is 2.00 bits per heavy atom. The van der Waals surface area contributed by atoms with Crippen LogP contribution < -0.4 is 10.2 Å². The molecule has 1 N–H and O–H groups in total. The van der Waals surface area contributed by atoms with E-state index in [1.165, 1.54) is 43.4 Å². The van der Waals surface area contributed by atoms with Gasteiger partial charge in [0.25, 0.3) is 0 Å². The molecule has 2 rings (SSSR count). The number of aryl methyl sites for hydroxylation is 1. The molecule has 0 amide bonds. The van der Waals surface area contributed by atoms with Crippen LogP contribution in [0.1, 0.15) is 50.3 Å². The number of nitrogens with zero attached hydrogens (tertiary/aromatic N) is 2. The zero-order valence-electron chi connectivity index (χ0n) is 13.4. The van der Waals surface area contributed by atoms with Gasteiger partial charge in [-0.1, -0.05) is 13.3 Å². The molecule has 1 aromatic heterocycles. The second-order valence-electron chi connectivity index (χ2n) is 6.18. The van der Waals surface area contributed by atoms with E-state index in [1.807, 2.05) is 13.2 Å². The molecular formula is C17H29N3. The molecule has 0 spiro atoms. The lowest BCUT2D eigenvalue weighted by Crippen LogP contribution is -2.36. The molecule has 0 atom stereocenters. The SMILES string of the molecule is CCC1CCC(N(C)c2cc(C)ncc2CNC)CC1. The minimum atomic E-state index is 0.690. The fraction of sp³-hybridized carbons (Fsp3) is 0.706. The summed E-state index contributed by atoms with van der Waals surface area (Å²) in [5, 5.41) is 3.25. The predicted octanol–water partition coefficient (Wildman–Crippen LogP) is 3.51. The number of nitrogens with one attached hydrogen (secondary N) is 1. The molecule has 1 aliphatic carbocycles. The van der Waals surface area contributed by atoms with E-state index in [2.05, 4.69) is 42.2 Å². The van der Waals surface area contributed by atoms with Gasteiger partial charge >= 0.3 is 0 Å². The molecule has 1 aromatic rings. The average Bonchev–Trinajstić information content (AvgIpc) is 2.48. The Morgan fingerprint density at radius 3 is 2.60 bits per heavy atom. The number of rotatable bonds is 5. The first kappa shape index (κ1) is 15.3. The van der Waals surface area contributed by atoms with Gasteiger partial charge in [-0.25, -0.2) is 0 Å². The summed E-state index contributed by atoms with van der Waals surface area (Å²) in [5.41, 5.74) is 3.76. The Bertz CT molecular complexity index is 422. The number of hydrogen-bond acceptors (Lipinski definition) is 3. The van der Waals surface area contributed by atoms with Crippen molar-refractivity contribution in [1.82, 2.24) is 10.3 Å². The van der Waals surface area contributed by atoms with Crippen LogP contribution in [0, 0.1) is 12.8 Å². The molecule has 1 saturated carbocycles. The summed E-state index contributed by atoms with van der Waals surface area (Å²) >= 11 is 0. The fourth-order valence-corrected chi connectivity index (χ4v) is 3.37. The van der Waals surface area contributed by atoms with Crippen molar-refractivity contribution in [3.63, 3.8) is 0 Å². The third-order valence-electron chi connectivity index (χ3n) is 4.79. The summed E-state index contributed by atoms with van der Waals surface area (Å²) in [7, 11) is 4.25. The van der Waals surface area contributed by atoms with E-state index in [0.717, 1.165) is 18.2 Å². The molecule has 112 valence electrons. The van der Waals surface area contributed by atoms with E-state index in [9.17, 15) is 0 Å². The normalized spacial score (nSPS) is 22.8. The van der Waals surface area contributed by atoms with Gasteiger partial charge in [0, 0.05) is 42.8 Å². The van der Waals surface area contributed by atoms with Crippen LogP contribution in [-0.4, -0.2) is 25.1 Å². The molecule has 20 heavy (non-hydrogen) atoms. The predicted molar refractivity (Wildman–Crippen MR) is 86.2 cm³/mol. The first-order valence-corrected chi connectivity index (χ1v) is 7.98. The van der Waals surface area contributed by atoms with Crippen LogP contribution in [0.25, 0.3) is 0 Å².